The molecule has 0 bridgehead atoms. The summed E-state index contributed by atoms with van der Waals surface area (Å²) in [6.45, 7) is 0. The van der Waals surface area contributed by atoms with Gasteiger partial charge in [0.1, 0.15) is 6.07 Å². The van der Waals surface area contributed by atoms with Gasteiger partial charge in [0, 0.05) is 5.56 Å². The van der Waals surface area contributed by atoms with Crippen LogP contribution in [-0.2, 0) is 0 Å². The Labute approximate surface area is 120 Å². The first kappa shape index (κ1) is 12.8. The lowest BCUT2D eigenvalue weighted by molar-refractivity contribution is 0.103. The first-order valence-electron chi connectivity index (χ1n) is 6.35. The maximum Gasteiger partial charge on any atom is 0.209 e. The molecule has 0 unspecified atom stereocenters. The van der Waals surface area contributed by atoms with Gasteiger partial charge in [-0.2, -0.15) is 5.26 Å². The largest absolute Gasteiger partial charge is 0.302 e. The topological polar surface area (TPSA) is 62.3 Å². The third kappa shape index (κ3) is 2.01. The standard InChI is InChI=1S/C17H10N2O2/c18-10-13-9-16(17(21)12-5-2-1-3-6-12)19-14(11-20)7-4-8-15(13)19/h1-9,11H. The Hall–Kier alpha value is -3.19. The second kappa shape index (κ2) is 5.06. The van der Waals surface area contributed by atoms with Gasteiger partial charge in [-0.15, -0.1) is 0 Å². The lowest BCUT2D eigenvalue weighted by Crippen LogP contribution is -2.07. The van der Waals surface area contributed by atoms with Crippen molar-refractivity contribution in [2.24, 2.45) is 0 Å². The van der Waals surface area contributed by atoms with Crippen molar-refractivity contribution in [1.29, 1.82) is 5.26 Å². The van der Waals surface area contributed by atoms with E-state index in [0.29, 0.717) is 34.3 Å². The van der Waals surface area contributed by atoms with E-state index < -0.39 is 0 Å². The van der Waals surface area contributed by atoms with Crippen molar-refractivity contribution in [3.8, 4) is 6.07 Å². The van der Waals surface area contributed by atoms with Gasteiger partial charge in [-0.1, -0.05) is 36.4 Å². The lowest BCUT2D eigenvalue weighted by Gasteiger charge is -2.05. The predicted molar refractivity (Wildman–Crippen MR) is 77.4 cm³/mol. The predicted octanol–water partition coefficient (Wildman–Crippen LogP) is 2.85. The Morgan fingerprint density at radius 3 is 2.52 bits per heavy atom. The van der Waals surface area contributed by atoms with E-state index in [0.717, 1.165) is 0 Å². The number of nitrogens with zero attached hydrogens (tertiary/aromatic N) is 2. The molecule has 100 valence electrons. The fourth-order valence-corrected chi connectivity index (χ4v) is 2.37. The van der Waals surface area contributed by atoms with E-state index in [1.165, 1.54) is 10.5 Å². The number of fused-ring (bicyclic) bond motifs is 1. The molecule has 2 heterocycles. The van der Waals surface area contributed by atoms with Gasteiger partial charge in [0.2, 0.25) is 5.78 Å². The van der Waals surface area contributed by atoms with Gasteiger partial charge in [0.05, 0.1) is 22.5 Å². The Morgan fingerprint density at radius 1 is 1.10 bits per heavy atom. The third-order valence-corrected chi connectivity index (χ3v) is 3.33. The molecule has 4 nitrogen and oxygen atoms in total. The Bertz CT molecular complexity index is 886. The van der Waals surface area contributed by atoms with Crippen molar-refractivity contribution in [2.45, 2.75) is 0 Å². The zero-order valence-corrected chi connectivity index (χ0v) is 11.0. The summed E-state index contributed by atoms with van der Waals surface area (Å²) in [4.78, 5) is 23.8. The summed E-state index contributed by atoms with van der Waals surface area (Å²) >= 11 is 0. The summed E-state index contributed by atoms with van der Waals surface area (Å²) in [6, 6.07) is 17.4. The molecule has 1 aromatic carbocycles. The molecule has 0 saturated carbocycles. The van der Waals surface area contributed by atoms with Gasteiger partial charge in [0.15, 0.2) is 6.29 Å². The van der Waals surface area contributed by atoms with Crippen LogP contribution in [0.15, 0.2) is 54.6 Å². The first-order valence-corrected chi connectivity index (χ1v) is 6.35. The van der Waals surface area contributed by atoms with Crippen LogP contribution in [0.3, 0.4) is 0 Å². The Kier molecular flexibility index (Phi) is 3.09. The maximum absolute atomic E-state index is 12.6. The molecular formula is C17H10N2O2. The molecule has 0 aliphatic heterocycles. The summed E-state index contributed by atoms with van der Waals surface area (Å²) in [5.74, 6) is -0.221. The summed E-state index contributed by atoms with van der Waals surface area (Å²) in [5.41, 5.74) is 2.10. The smallest absolute Gasteiger partial charge is 0.209 e. The van der Waals surface area contributed by atoms with Crippen molar-refractivity contribution in [2.75, 3.05) is 0 Å². The number of aldehydes is 1. The molecule has 0 aliphatic carbocycles. The molecule has 0 aliphatic rings. The maximum atomic E-state index is 12.6. The second-order valence-corrected chi connectivity index (χ2v) is 4.54. The number of carbonyl (C=O) groups excluding carboxylic acids is 2. The molecular weight excluding hydrogens is 264 g/mol. The quantitative estimate of drug-likeness (QED) is 0.545. The number of aromatic nitrogens is 1. The number of carbonyl (C=O) groups is 2. The molecule has 3 rings (SSSR count). The van der Waals surface area contributed by atoms with Gasteiger partial charge in [-0.25, -0.2) is 0 Å². The fraction of sp³-hybridized carbons (Fsp3) is 0. The van der Waals surface area contributed by atoms with Gasteiger partial charge in [-0.3, -0.25) is 9.59 Å². The minimum absolute atomic E-state index is 0.221. The van der Waals surface area contributed by atoms with Crippen molar-refractivity contribution >= 4 is 17.6 Å². The van der Waals surface area contributed by atoms with Crippen LogP contribution in [0.4, 0.5) is 0 Å². The fourth-order valence-electron chi connectivity index (χ4n) is 2.37. The summed E-state index contributed by atoms with van der Waals surface area (Å²) in [7, 11) is 0. The molecule has 0 atom stereocenters. The zero-order valence-electron chi connectivity index (χ0n) is 11.0. The molecule has 0 N–H and O–H groups in total. The number of hydrogen-bond donors (Lipinski definition) is 0. The van der Waals surface area contributed by atoms with E-state index in [1.807, 2.05) is 6.07 Å². The molecule has 4 heteroatoms. The van der Waals surface area contributed by atoms with Crippen molar-refractivity contribution in [3.63, 3.8) is 0 Å². The average Bonchev–Trinajstić information content (AvgIpc) is 2.93. The Balaban J connectivity index is 2.31. The highest BCUT2D eigenvalue weighted by Crippen LogP contribution is 2.21. The number of rotatable bonds is 3. The normalized spacial score (nSPS) is 10.2. The molecule has 2 aromatic heterocycles. The van der Waals surface area contributed by atoms with Crippen LogP contribution < -0.4 is 0 Å². The van der Waals surface area contributed by atoms with Crippen LogP contribution in [-0.4, -0.2) is 16.5 Å². The van der Waals surface area contributed by atoms with Crippen LogP contribution in [0.25, 0.3) is 5.52 Å². The molecule has 21 heavy (non-hydrogen) atoms. The molecule has 0 fully saturated rings. The number of benzene rings is 1. The Morgan fingerprint density at radius 2 is 1.86 bits per heavy atom. The molecule has 0 amide bonds. The second-order valence-electron chi connectivity index (χ2n) is 4.54. The van der Waals surface area contributed by atoms with Gasteiger partial charge < -0.3 is 4.40 Å². The number of nitriles is 1. The van der Waals surface area contributed by atoms with Crippen LogP contribution >= 0.6 is 0 Å². The number of hydrogen-bond acceptors (Lipinski definition) is 3. The van der Waals surface area contributed by atoms with Crippen LogP contribution in [0.2, 0.25) is 0 Å². The van der Waals surface area contributed by atoms with E-state index in [2.05, 4.69) is 6.07 Å². The summed E-state index contributed by atoms with van der Waals surface area (Å²) < 4.78 is 1.53. The van der Waals surface area contributed by atoms with Crippen molar-refractivity contribution < 1.29 is 9.59 Å². The van der Waals surface area contributed by atoms with E-state index in [1.54, 1.807) is 42.5 Å². The van der Waals surface area contributed by atoms with Crippen molar-refractivity contribution in [3.05, 3.63) is 77.1 Å². The van der Waals surface area contributed by atoms with Crippen LogP contribution in [0, 0.1) is 11.3 Å². The van der Waals surface area contributed by atoms with Gasteiger partial charge in [0.25, 0.3) is 0 Å². The summed E-state index contributed by atoms with van der Waals surface area (Å²) in [5, 5.41) is 9.20. The van der Waals surface area contributed by atoms with E-state index in [-0.39, 0.29) is 5.78 Å². The van der Waals surface area contributed by atoms with E-state index in [9.17, 15) is 14.9 Å². The van der Waals surface area contributed by atoms with Gasteiger partial charge in [-0.05, 0) is 18.2 Å². The van der Waals surface area contributed by atoms with Crippen LogP contribution in [0.1, 0.15) is 32.1 Å². The molecule has 0 spiro atoms. The zero-order chi connectivity index (χ0) is 14.8. The third-order valence-electron chi connectivity index (χ3n) is 3.33. The van der Waals surface area contributed by atoms with Gasteiger partial charge >= 0.3 is 0 Å². The van der Waals surface area contributed by atoms with E-state index in [4.69, 9.17) is 0 Å². The van der Waals surface area contributed by atoms with E-state index >= 15 is 0 Å². The average molecular weight is 274 g/mol. The number of ketones is 1. The molecule has 0 saturated heterocycles. The highest BCUT2D eigenvalue weighted by Gasteiger charge is 2.18. The minimum Gasteiger partial charge on any atom is -0.302 e. The molecule has 3 aromatic rings. The SMILES string of the molecule is N#Cc1cc(C(=O)c2ccccc2)n2c(C=O)cccc12. The lowest BCUT2D eigenvalue weighted by atomic mass is 10.1. The van der Waals surface area contributed by atoms with Crippen molar-refractivity contribution in [1.82, 2.24) is 4.40 Å². The molecule has 0 radical (unpaired) electrons. The summed E-state index contributed by atoms with van der Waals surface area (Å²) in [6.07, 6.45) is 0.677. The van der Waals surface area contributed by atoms with Crippen LogP contribution in [0.5, 0.6) is 0 Å². The highest BCUT2D eigenvalue weighted by atomic mass is 16.1. The minimum atomic E-state index is -0.221. The highest BCUT2D eigenvalue weighted by molar-refractivity contribution is 6.09. The first-order chi connectivity index (χ1) is 10.3. The number of pyridine rings is 1. The monoisotopic (exact) mass is 274 g/mol.